The van der Waals surface area contributed by atoms with Crippen LogP contribution in [0.15, 0.2) is 47.4 Å². The third kappa shape index (κ3) is 5.73. The van der Waals surface area contributed by atoms with Gasteiger partial charge in [-0.15, -0.1) is 11.8 Å². The van der Waals surface area contributed by atoms with E-state index in [1.807, 2.05) is 18.2 Å². The maximum absolute atomic E-state index is 13.7. The Labute approximate surface area is 204 Å². The van der Waals surface area contributed by atoms with Crippen LogP contribution in [0.25, 0.3) is 0 Å². The molecule has 2 aromatic rings. The van der Waals surface area contributed by atoms with Crippen LogP contribution < -0.4 is 10.2 Å². The van der Waals surface area contributed by atoms with E-state index in [1.165, 1.54) is 37.3 Å². The van der Waals surface area contributed by atoms with E-state index in [0.29, 0.717) is 29.5 Å². The van der Waals surface area contributed by atoms with Crippen LogP contribution >= 0.6 is 11.8 Å². The third-order valence-corrected chi connectivity index (χ3v) is 6.86. The average molecular weight is 483 g/mol. The number of hydrogen-bond acceptors (Lipinski definition) is 6. The minimum atomic E-state index is -0.778. The Balaban J connectivity index is 1.64. The predicted octanol–water partition coefficient (Wildman–Crippen LogP) is 4.88. The number of amides is 2. The minimum Gasteiger partial charge on any atom is -0.465 e. The lowest BCUT2D eigenvalue weighted by molar-refractivity contribution is -0.120. The zero-order valence-electron chi connectivity index (χ0n) is 19.9. The van der Waals surface area contributed by atoms with Crippen LogP contribution in [0.2, 0.25) is 0 Å². The van der Waals surface area contributed by atoms with E-state index in [9.17, 15) is 14.4 Å². The van der Waals surface area contributed by atoms with Crippen molar-refractivity contribution in [3.05, 3.63) is 59.2 Å². The van der Waals surface area contributed by atoms with Gasteiger partial charge >= 0.3 is 12.1 Å². The molecule has 1 aliphatic carbocycles. The fourth-order valence-corrected chi connectivity index (χ4v) is 4.91. The number of hydrogen-bond donors (Lipinski definition) is 1. The zero-order valence-corrected chi connectivity index (χ0v) is 20.7. The largest absolute Gasteiger partial charge is 0.465 e. The van der Waals surface area contributed by atoms with Crippen molar-refractivity contribution < 1.29 is 23.9 Å². The monoisotopic (exact) mass is 482 g/mol. The standard InChI is InChI=1S/C26H30N2O5S/c1-26(2,3)33-25(31)27-20-15-34-22-12-11-19(24(30)32-4)13-21(22)28(23(20)29)14-16-5-7-17(8-6-16)18-9-10-18/h5-8,11-13,18,20H,9-10,14-15H2,1-4H3,(H,27,31)/t20-/m0/s1. The van der Waals surface area contributed by atoms with E-state index in [4.69, 9.17) is 9.47 Å². The van der Waals surface area contributed by atoms with Crippen LogP contribution in [-0.4, -0.2) is 42.5 Å². The number of alkyl carbamates (subject to hydrolysis) is 1. The maximum Gasteiger partial charge on any atom is 0.408 e. The van der Waals surface area contributed by atoms with Crippen molar-refractivity contribution in [2.45, 2.75) is 62.6 Å². The number of methoxy groups -OCH3 is 1. The van der Waals surface area contributed by atoms with Gasteiger partial charge in [-0.2, -0.15) is 0 Å². The average Bonchev–Trinajstić information content (AvgIpc) is 3.64. The topological polar surface area (TPSA) is 84.9 Å². The second kappa shape index (κ2) is 9.70. The SMILES string of the molecule is COC(=O)c1ccc2c(c1)N(Cc1ccc(C3CC3)cc1)C(=O)[C@@H](NC(=O)OC(C)(C)C)CS2. The van der Waals surface area contributed by atoms with Gasteiger partial charge in [0.25, 0.3) is 5.91 Å². The van der Waals surface area contributed by atoms with E-state index in [2.05, 4.69) is 17.4 Å². The minimum absolute atomic E-state index is 0.259. The summed E-state index contributed by atoms with van der Waals surface area (Å²) in [5, 5.41) is 2.73. The summed E-state index contributed by atoms with van der Waals surface area (Å²) in [6.07, 6.45) is 1.81. The lowest BCUT2D eigenvalue weighted by Crippen LogP contribution is -2.50. The van der Waals surface area contributed by atoms with E-state index in [0.717, 1.165) is 10.5 Å². The molecule has 1 saturated carbocycles. The van der Waals surface area contributed by atoms with Crippen LogP contribution in [0, 0.1) is 0 Å². The first-order valence-corrected chi connectivity index (χ1v) is 12.4. The number of thioether (sulfide) groups is 1. The Morgan fingerprint density at radius 3 is 2.44 bits per heavy atom. The highest BCUT2D eigenvalue weighted by molar-refractivity contribution is 7.99. The summed E-state index contributed by atoms with van der Waals surface area (Å²) in [5.74, 6) is 0.267. The number of rotatable bonds is 5. The van der Waals surface area contributed by atoms with Gasteiger partial charge in [0, 0.05) is 10.6 Å². The Bertz CT molecular complexity index is 1090. The molecular formula is C26H30N2O5S. The van der Waals surface area contributed by atoms with Gasteiger partial charge in [-0.25, -0.2) is 9.59 Å². The number of carbonyl (C=O) groups excluding carboxylic acids is 3. The predicted molar refractivity (Wildman–Crippen MR) is 131 cm³/mol. The quantitative estimate of drug-likeness (QED) is 0.612. The Hall–Kier alpha value is -3.00. The zero-order chi connectivity index (χ0) is 24.5. The summed E-state index contributed by atoms with van der Waals surface area (Å²) in [5.41, 5.74) is 2.60. The number of anilines is 1. The first kappa shape index (κ1) is 24.1. The van der Waals surface area contributed by atoms with Crippen molar-refractivity contribution >= 4 is 35.4 Å². The maximum atomic E-state index is 13.7. The molecular weight excluding hydrogens is 452 g/mol. The van der Waals surface area contributed by atoms with Gasteiger partial charge in [-0.1, -0.05) is 24.3 Å². The molecule has 180 valence electrons. The molecule has 0 spiro atoms. The van der Waals surface area contributed by atoms with Gasteiger partial charge < -0.3 is 19.7 Å². The molecule has 0 radical (unpaired) electrons. The molecule has 2 amide bonds. The van der Waals surface area contributed by atoms with Gasteiger partial charge in [0.15, 0.2) is 0 Å². The molecule has 1 atom stereocenters. The van der Waals surface area contributed by atoms with Crippen molar-refractivity contribution in [3.8, 4) is 0 Å². The van der Waals surface area contributed by atoms with Gasteiger partial charge in [0.2, 0.25) is 0 Å². The highest BCUT2D eigenvalue weighted by atomic mass is 32.2. The van der Waals surface area contributed by atoms with Crippen LogP contribution in [-0.2, 0) is 20.8 Å². The molecule has 0 unspecified atom stereocenters. The number of esters is 1. The van der Waals surface area contributed by atoms with Crippen molar-refractivity contribution in [2.24, 2.45) is 0 Å². The van der Waals surface area contributed by atoms with Crippen LogP contribution in [0.4, 0.5) is 10.5 Å². The number of nitrogens with zero attached hydrogens (tertiary/aromatic N) is 1. The first-order valence-electron chi connectivity index (χ1n) is 11.4. The Morgan fingerprint density at radius 2 is 1.82 bits per heavy atom. The second-order valence-electron chi connectivity index (χ2n) is 9.62. The molecule has 1 heterocycles. The molecule has 0 saturated heterocycles. The van der Waals surface area contributed by atoms with Gasteiger partial charge in [0.1, 0.15) is 11.6 Å². The summed E-state index contributed by atoms with van der Waals surface area (Å²) in [7, 11) is 1.33. The van der Waals surface area contributed by atoms with E-state index in [-0.39, 0.29) is 5.91 Å². The van der Waals surface area contributed by atoms with E-state index < -0.39 is 23.7 Å². The Kier molecular flexibility index (Phi) is 6.89. The molecule has 8 heteroatoms. The van der Waals surface area contributed by atoms with Gasteiger partial charge in [0.05, 0.1) is 24.9 Å². The summed E-state index contributed by atoms with van der Waals surface area (Å²) >= 11 is 1.45. The molecule has 0 bridgehead atoms. The van der Waals surface area contributed by atoms with E-state index >= 15 is 0 Å². The van der Waals surface area contributed by atoms with Crippen molar-refractivity contribution in [2.75, 3.05) is 17.8 Å². The molecule has 1 fully saturated rings. The van der Waals surface area contributed by atoms with Crippen LogP contribution in [0.1, 0.15) is 61.0 Å². The first-order chi connectivity index (χ1) is 16.1. The summed E-state index contributed by atoms with van der Waals surface area (Å²) in [6.45, 7) is 5.64. The number of carbonyl (C=O) groups is 3. The molecule has 2 aliphatic rings. The normalized spacial score (nSPS) is 18.1. The lowest BCUT2D eigenvalue weighted by Gasteiger charge is -2.27. The summed E-state index contributed by atoms with van der Waals surface area (Å²) in [6, 6.07) is 12.7. The molecule has 34 heavy (non-hydrogen) atoms. The van der Waals surface area contributed by atoms with Gasteiger partial charge in [-0.3, -0.25) is 4.79 Å². The molecule has 7 nitrogen and oxygen atoms in total. The molecule has 4 rings (SSSR count). The highest BCUT2D eigenvalue weighted by Gasteiger charge is 2.34. The number of ether oxygens (including phenoxy) is 2. The van der Waals surface area contributed by atoms with Gasteiger partial charge in [-0.05, 0) is 68.9 Å². The summed E-state index contributed by atoms with van der Waals surface area (Å²) in [4.78, 5) is 40.8. The summed E-state index contributed by atoms with van der Waals surface area (Å²) < 4.78 is 10.3. The van der Waals surface area contributed by atoms with Crippen molar-refractivity contribution in [3.63, 3.8) is 0 Å². The molecule has 1 aliphatic heterocycles. The number of benzene rings is 2. The molecule has 1 N–H and O–H groups in total. The highest BCUT2D eigenvalue weighted by Crippen LogP contribution is 2.40. The molecule has 0 aromatic heterocycles. The molecule has 2 aromatic carbocycles. The lowest BCUT2D eigenvalue weighted by atomic mass is 10.1. The third-order valence-electron chi connectivity index (χ3n) is 5.70. The Morgan fingerprint density at radius 1 is 1.12 bits per heavy atom. The number of nitrogens with one attached hydrogen (secondary N) is 1. The number of fused-ring (bicyclic) bond motifs is 1. The fraction of sp³-hybridized carbons (Fsp3) is 0.423. The van der Waals surface area contributed by atoms with Crippen LogP contribution in [0.3, 0.4) is 0 Å². The van der Waals surface area contributed by atoms with Crippen molar-refractivity contribution in [1.82, 2.24) is 5.32 Å². The second-order valence-corrected chi connectivity index (χ2v) is 10.7. The smallest absolute Gasteiger partial charge is 0.408 e. The van der Waals surface area contributed by atoms with Crippen LogP contribution in [0.5, 0.6) is 0 Å². The van der Waals surface area contributed by atoms with E-state index in [1.54, 1.807) is 37.8 Å². The van der Waals surface area contributed by atoms with Crippen molar-refractivity contribution in [1.29, 1.82) is 0 Å². The fourth-order valence-electron chi connectivity index (χ4n) is 3.86.